The highest BCUT2D eigenvalue weighted by atomic mass is 16.3. The average Bonchev–Trinajstić information content (AvgIpc) is 3.16. The molecule has 6 heteroatoms. The molecular formula is C29H38N4O2. The van der Waals surface area contributed by atoms with Crippen LogP contribution in [0.5, 0.6) is 0 Å². The van der Waals surface area contributed by atoms with Gasteiger partial charge >= 0.3 is 0 Å². The number of benzene rings is 2. The van der Waals surface area contributed by atoms with Gasteiger partial charge in [0.15, 0.2) is 0 Å². The molecule has 2 saturated heterocycles. The maximum atomic E-state index is 13.8. The van der Waals surface area contributed by atoms with Crippen molar-refractivity contribution in [2.24, 2.45) is 5.73 Å². The zero-order valence-corrected chi connectivity index (χ0v) is 20.6. The number of anilines is 1. The summed E-state index contributed by atoms with van der Waals surface area (Å²) in [5.74, 6) is 0.893. The van der Waals surface area contributed by atoms with E-state index in [-0.39, 0.29) is 12.5 Å². The third kappa shape index (κ3) is 3.87. The lowest BCUT2D eigenvalue weighted by molar-refractivity contribution is -0.135. The fourth-order valence-corrected chi connectivity index (χ4v) is 7.38. The Labute approximate surface area is 208 Å². The smallest absolute Gasteiger partial charge is 0.250 e. The Bertz CT molecular complexity index is 1070. The van der Waals surface area contributed by atoms with Crippen molar-refractivity contribution >= 4 is 11.6 Å². The molecule has 3 atom stereocenters. The monoisotopic (exact) mass is 474 g/mol. The van der Waals surface area contributed by atoms with Gasteiger partial charge in [-0.15, -0.1) is 0 Å². The van der Waals surface area contributed by atoms with Crippen molar-refractivity contribution in [3.63, 3.8) is 0 Å². The van der Waals surface area contributed by atoms with Crippen molar-refractivity contribution in [2.45, 2.75) is 68.5 Å². The summed E-state index contributed by atoms with van der Waals surface area (Å²) in [7, 11) is 0. The van der Waals surface area contributed by atoms with Crippen molar-refractivity contribution in [1.29, 1.82) is 0 Å². The number of carbonyl (C=O) groups excluding carboxylic acids is 1. The molecule has 2 fully saturated rings. The summed E-state index contributed by atoms with van der Waals surface area (Å²) in [6, 6.07) is 17.7. The number of para-hydroxylation sites is 1. The van der Waals surface area contributed by atoms with E-state index >= 15 is 0 Å². The van der Waals surface area contributed by atoms with Crippen LogP contribution in [0.4, 0.5) is 5.69 Å². The molecule has 6 nitrogen and oxygen atoms in total. The molecule has 0 saturated carbocycles. The molecule has 2 aliphatic carbocycles. The van der Waals surface area contributed by atoms with Crippen LogP contribution in [-0.4, -0.2) is 65.3 Å². The predicted octanol–water partition coefficient (Wildman–Crippen LogP) is 3.40. The van der Waals surface area contributed by atoms with E-state index in [2.05, 4.69) is 40.1 Å². The van der Waals surface area contributed by atoms with E-state index < -0.39 is 11.6 Å². The van der Waals surface area contributed by atoms with Gasteiger partial charge in [0.05, 0.1) is 12.8 Å². The van der Waals surface area contributed by atoms with Crippen molar-refractivity contribution < 1.29 is 9.90 Å². The summed E-state index contributed by atoms with van der Waals surface area (Å²) >= 11 is 0. The van der Waals surface area contributed by atoms with Crippen LogP contribution in [0, 0.1) is 0 Å². The number of piperidine rings is 1. The van der Waals surface area contributed by atoms with Gasteiger partial charge in [0, 0.05) is 37.9 Å². The Hall–Kier alpha value is -2.41. The molecule has 1 spiro atoms. The molecule has 0 aromatic heterocycles. The molecule has 2 aliphatic heterocycles. The fraction of sp³-hybridized carbons (Fsp3) is 0.552. The molecule has 35 heavy (non-hydrogen) atoms. The number of rotatable bonds is 5. The molecule has 4 aliphatic rings. The van der Waals surface area contributed by atoms with Crippen molar-refractivity contribution in [3.8, 4) is 0 Å². The van der Waals surface area contributed by atoms with E-state index in [0.29, 0.717) is 19.3 Å². The standard InChI is InChI=1S/C29H38N4O2/c30-18-24(34)19-32-20-33(23-9-2-1-3-10-23)29(28(32)35)14-16-31(17-15-29)26-13-12-22-7-4-6-21-8-5-11-25(26)27(21)22/h1-3,5,8-11,22,24,26,34H,4,6-7,12-20,30H2. The highest BCUT2D eigenvalue weighted by molar-refractivity contribution is 5.93. The quantitative estimate of drug-likeness (QED) is 0.695. The number of β-amino-alcohol motifs (C(OH)–C–C–N with tert-alkyl or cyclic N) is 1. The first kappa shape index (κ1) is 23.0. The first-order valence-electron chi connectivity index (χ1n) is 13.5. The molecule has 1 amide bonds. The second-order valence-corrected chi connectivity index (χ2v) is 11.0. The largest absolute Gasteiger partial charge is 0.390 e. The maximum absolute atomic E-state index is 13.8. The number of hydrogen-bond donors (Lipinski definition) is 2. The van der Waals surface area contributed by atoms with Gasteiger partial charge in [0.1, 0.15) is 5.54 Å². The Morgan fingerprint density at radius 3 is 2.60 bits per heavy atom. The van der Waals surface area contributed by atoms with E-state index in [9.17, 15) is 9.90 Å². The van der Waals surface area contributed by atoms with E-state index in [1.807, 2.05) is 23.1 Å². The maximum Gasteiger partial charge on any atom is 0.250 e. The molecule has 3 N–H and O–H groups in total. The van der Waals surface area contributed by atoms with Crippen LogP contribution in [0.1, 0.15) is 67.2 Å². The Balaban J connectivity index is 1.26. The summed E-state index contributed by atoms with van der Waals surface area (Å²) in [5.41, 5.74) is 11.0. The Morgan fingerprint density at radius 2 is 1.83 bits per heavy atom. The summed E-state index contributed by atoms with van der Waals surface area (Å²) < 4.78 is 0. The first-order chi connectivity index (χ1) is 17.1. The average molecular weight is 475 g/mol. The third-order valence-electron chi connectivity index (χ3n) is 9.14. The van der Waals surface area contributed by atoms with Gasteiger partial charge in [-0.3, -0.25) is 9.69 Å². The van der Waals surface area contributed by atoms with Crippen molar-refractivity contribution in [2.75, 3.05) is 37.7 Å². The lowest BCUT2D eigenvalue weighted by atomic mass is 9.71. The van der Waals surface area contributed by atoms with Crippen LogP contribution in [-0.2, 0) is 11.2 Å². The van der Waals surface area contributed by atoms with Gasteiger partial charge in [-0.25, -0.2) is 0 Å². The number of likely N-dealkylation sites (tertiary alicyclic amines) is 1. The fourth-order valence-electron chi connectivity index (χ4n) is 7.38. The molecule has 2 aromatic rings. The number of aryl methyl sites for hydroxylation is 1. The predicted molar refractivity (Wildman–Crippen MR) is 138 cm³/mol. The van der Waals surface area contributed by atoms with Crippen molar-refractivity contribution in [3.05, 3.63) is 65.2 Å². The third-order valence-corrected chi connectivity index (χ3v) is 9.14. The van der Waals surface area contributed by atoms with Crippen LogP contribution in [0.15, 0.2) is 48.5 Å². The first-order valence-corrected chi connectivity index (χ1v) is 13.5. The number of amides is 1. The Kier molecular flexibility index (Phi) is 6.07. The number of hydrogen-bond acceptors (Lipinski definition) is 5. The molecule has 0 radical (unpaired) electrons. The number of aliphatic hydroxyl groups is 1. The van der Waals surface area contributed by atoms with Gasteiger partial charge in [0.25, 0.3) is 0 Å². The highest BCUT2D eigenvalue weighted by Gasteiger charge is 2.54. The minimum atomic E-state index is -0.689. The lowest BCUT2D eigenvalue weighted by Gasteiger charge is -2.47. The SMILES string of the molecule is NCC(O)CN1CN(c2ccccc2)C2(CCN(C3CCC4CCCc5cccc3c54)CC2)C1=O. The molecule has 0 bridgehead atoms. The molecule has 2 heterocycles. The molecular weight excluding hydrogens is 436 g/mol. The van der Waals surface area contributed by atoms with Crippen LogP contribution < -0.4 is 10.6 Å². The van der Waals surface area contributed by atoms with Gasteiger partial charge < -0.3 is 20.6 Å². The number of nitrogens with two attached hydrogens (primary N) is 1. The minimum Gasteiger partial charge on any atom is -0.390 e. The van der Waals surface area contributed by atoms with Crippen LogP contribution in [0.25, 0.3) is 0 Å². The van der Waals surface area contributed by atoms with E-state index in [4.69, 9.17) is 5.73 Å². The number of carbonyl (C=O) groups is 1. The topological polar surface area (TPSA) is 73.0 Å². The van der Waals surface area contributed by atoms with Crippen LogP contribution in [0.3, 0.4) is 0 Å². The van der Waals surface area contributed by atoms with E-state index in [1.54, 1.807) is 16.7 Å². The molecule has 2 aromatic carbocycles. The Morgan fingerprint density at radius 1 is 1.03 bits per heavy atom. The summed E-state index contributed by atoms with van der Waals surface area (Å²) in [6.45, 7) is 2.81. The number of nitrogens with zero attached hydrogens (tertiary/aromatic N) is 3. The van der Waals surface area contributed by atoms with Crippen LogP contribution >= 0.6 is 0 Å². The van der Waals surface area contributed by atoms with E-state index in [0.717, 1.165) is 37.5 Å². The van der Waals surface area contributed by atoms with Gasteiger partial charge in [-0.2, -0.15) is 0 Å². The highest BCUT2D eigenvalue weighted by Crippen LogP contribution is 2.48. The minimum absolute atomic E-state index is 0.148. The molecule has 6 rings (SSSR count). The van der Waals surface area contributed by atoms with E-state index in [1.165, 1.54) is 32.1 Å². The molecule has 3 unspecified atom stereocenters. The second-order valence-electron chi connectivity index (χ2n) is 11.0. The van der Waals surface area contributed by atoms with Gasteiger partial charge in [-0.1, -0.05) is 36.4 Å². The van der Waals surface area contributed by atoms with Gasteiger partial charge in [0.2, 0.25) is 5.91 Å². The van der Waals surface area contributed by atoms with Gasteiger partial charge in [-0.05, 0) is 79.7 Å². The zero-order chi connectivity index (χ0) is 24.0. The lowest BCUT2D eigenvalue weighted by Crippen LogP contribution is -2.57. The number of aliphatic hydroxyl groups excluding tert-OH is 1. The zero-order valence-electron chi connectivity index (χ0n) is 20.6. The molecule has 186 valence electrons. The van der Waals surface area contributed by atoms with Crippen LogP contribution in [0.2, 0.25) is 0 Å². The normalized spacial score (nSPS) is 26.7. The summed E-state index contributed by atoms with van der Waals surface area (Å²) in [6.07, 6.45) is 7.33. The summed E-state index contributed by atoms with van der Waals surface area (Å²) in [5, 5.41) is 10.2. The van der Waals surface area contributed by atoms with Crippen molar-refractivity contribution in [1.82, 2.24) is 9.80 Å². The summed E-state index contributed by atoms with van der Waals surface area (Å²) in [4.78, 5) is 20.6. The second kappa shape index (κ2) is 9.23.